The highest BCUT2D eigenvalue weighted by atomic mass is 19.3. The van der Waals surface area contributed by atoms with Crippen LogP contribution in [0.25, 0.3) is 0 Å². The van der Waals surface area contributed by atoms with Crippen molar-refractivity contribution >= 4 is 0 Å². The monoisotopic (exact) mass is 226 g/mol. The van der Waals surface area contributed by atoms with Crippen molar-refractivity contribution in [2.24, 2.45) is 5.73 Å². The van der Waals surface area contributed by atoms with Gasteiger partial charge >= 0.3 is 6.55 Å². The fourth-order valence-corrected chi connectivity index (χ4v) is 1.52. The van der Waals surface area contributed by atoms with Gasteiger partial charge in [0.15, 0.2) is 0 Å². The molecule has 0 saturated carbocycles. The average molecular weight is 226 g/mol. The molecule has 2 aromatic heterocycles. The first-order valence-corrected chi connectivity index (χ1v) is 4.85. The molecule has 0 atom stereocenters. The average Bonchev–Trinajstić information content (AvgIpc) is 2.87. The number of rotatable bonds is 4. The Kier molecular flexibility index (Phi) is 3.00. The fraction of sp³-hybridized carbons (Fsp3) is 0.300. The standard InChI is InChI=1S/C10H12F2N4/c11-10(12)16-4-2-14-9(16)7-15-3-1-8(5-13)6-15/h1-4,6,10H,5,7,13H2. The number of alkyl halides is 2. The fourth-order valence-electron chi connectivity index (χ4n) is 1.52. The van der Waals surface area contributed by atoms with E-state index < -0.39 is 6.55 Å². The van der Waals surface area contributed by atoms with Gasteiger partial charge in [-0.15, -0.1) is 0 Å². The van der Waals surface area contributed by atoms with Crippen molar-refractivity contribution in [2.45, 2.75) is 19.6 Å². The van der Waals surface area contributed by atoms with Crippen LogP contribution in [0.15, 0.2) is 30.9 Å². The molecule has 0 aliphatic rings. The predicted octanol–water partition coefficient (Wildman–Crippen LogP) is 1.59. The Morgan fingerprint density at radius 3 is 2.81 bits per heavy atom. The third kappa shape index (κ3) is 2.11. The molecule has 0 aliphatic carbocycles. The Morgan fingerprint density at radius 2 is 2.19 bits per heavy atom. The lowest BCUT2D eigenvalue weighted by molar-refractivity contribution is 0.0667. The summed E-state index contributed by atoms with van der Waals surface area (Å²) in [5.41, 5.74) is 6.43. The zero-order valence-corrected chi connectivity index (χ0v) is 8.55. The maximum absolute atomic E-state index is 12.5. The van der Waals surface area contributed by atoms with Gasteiger partial charge in [0.05, 0.1) is 6.54 Å². The van der Waals surface area contributed by atoms with E-state index in [0.29, 0.717) is 18.9 Å². The molecular formula is C10H12F2N4. The second-order valence-electron chi connectivity index (χ2n) is 3.42. The molecule has 0 aromatic carbocycles. The van der Waals surface area contributed by atoms with Crippen molar-refractivity contribution in [2.75, 3.05) is 0 Å². The van der Waals surface area contributed by atoms with E-state index in [9.17, 15) is 8.78 Å². The van der Waals surface area contributed by atoms with Gasteiger partial charge in [-0.25, -0.2) is 4.98 Å². The van der Waals surface area contributed by atoms with Crippen LogP contribution in [0, 0.1) is 0 Å². The SMILES string of the molecule is NCc1ccn(Cc2nccn2C(F)F)c1. The number of aromatic nitrogens is 3. The number of halogens is 2. The maximum Gasteiger partial charge on any atom is 0.319 e. The van der Waals surface area contributed by atoms with Gasteiger partial charge in [0.2, 0.25) is 0 Å². The van der Waals surface area contributed by atoms with Crippen LogP contribution in [0.3, 0.4) is 0 Å². The van der Waals surface area contributed by atoms with Gasteiger partial charge in [-0.2, -0.15) is 8.78 Å². The van der Waals surface area contributed by atoms with Gasteiger partial charge < -0.3 is 10.3 Å². The number of hydrogen-bond acceptors (Lipinski definition) is 2. The van der Waals surface area contributed by atoms with E-state index in [-0.39, 0.29) is 0 Å². The summed E-state index contributed by atoms with van der Waals surface area (Å²) in [6, 6.07) is 1.86. The molecule has 0 fully saturated rings. The molecule has 0 bridgehead atoms. The molecule has 0 unspecified atom stereocenters. The number of hydrogen-bond donors (Lipinski definition) is 1. The van der Waals surface area contributed by atoms with E-state index in [1.165, 1.54) is 12.4 Å². The molecular weight excluding hydrogens is 214 g/mol. The Bertz CT molecular complexity index is 461. The summed E-state index contributed by atoms with van der Waals surface area (Å²) in [4.78, 5) is 3.90. The van der Waals surface area contributed by atoms with Crippen molar-refractivity contribution in [3.63, 3.8) is 0 Å². The Balaban J connectivity index is 2.17. The van der Waals surface area contributed by atoms with Crippen LogP contribution >= 0.6 is 0 Å². The second kappa shape index (κ2) is 4.44. The van der Waals surface area contributed by atoms with Gasteiger partial charge in [-0.3, -0.25) is 4.57 Å². The molecule has 16 heavy (non-hydrogen) atoms. The molecule has 2 rings (SSSR count). The minimum Gasteiger partial charge on any atom is -0.346 e. The Labute approximate surface area is 91.3 Å². The molecule has 4 nitrogen and oxygen atoms in total. The van der Waals surface area contributed by atoms with E-state index in [2.05, 4.69) is 4.98 Å². The van der Waals surface area contributed by atoms with Gasteiger partial charge in [0.25, 0.3) is 0 Å². The largest absolute Gasteiger partial charge is 0.346 e. The highest BCUT2D eigenvalue weighted by molar-refractivity contribution is 5.10. The van der Waals surface area contributed by atoms with E-state index in [0.717, 1.165) is 10.1 Å². The highest BCUT2D eigenvalue weighted by Crippen LogP contribution is 2.13. The maximum atomic E-state index is 12.5. The minimum atomic E-state index is -2.55. The first-order chi connectivity index (χ1) is 7.70. The smallest absolute Gasteiger partial charge is 0.319 e. The van der Waals surface area contributed by atoms with Crippen LogP contribution in [0.5, 0.6) is 0 Å². The van der Waals surface area contributed by atoms with Gasteiger partial charge in [0.1, 0.15) is 5.82 Å². The lowest BCUT2D eigenvalue weighted by atomic mass is 10.3. The normalized spacial score (nSPS) is 11.2. The van der Waals surface area contributed by atoms with Crippen molar-refractivity contribution in [1.29, 1.82) is 0 Å². The summed E-state index contributed by atoms with van der Waals surface area (Å²) in [7, 11) is 0. The molecule has 2 N–H and O–H groups in total. The molecule has 86 valence electrons. The van der Waals surface area contributed by atoms with Crippen molar-refractivity contribution < 1.29 is 8.78 Å². The van der Waals surface area contributed by atoms with E-state index in [4.69, 9.17) is 5.73 Å². The Hall–Kier alpha value is -1.69. The number of nitrogens with two attached hydrogens (primary N) is 1. The quantitative estimate of drug-likeness (QED) is 0.860. The topological polar surface area (TPSA) is 48.8 Å². The summed E-state index contributed by atoms with van der Waals surface area (Å²) >= 11 is 0. The van der Waals surface area contributed by atoms with Crippen LogP contribution in [0.2, 0.25) is 0 Å². The molecule has 6 heteroatoms. The third-order valence-electron chi connectivity index (χ3n) is 2.33. The van der Waals surface area contributed by atoms with Crippen molar-refractivity contribution in [3.8, 4) is 0 Å². The summed E-state index contributed by atoms with van der Waals surface area (Å²) in [6.45, 7) is -1.80. The zero-order valence-electron chi connectivity index (χ0n) is 8.55. The van der Waals surface area contributed by atoms with Crippen LogP contribution in [-0.2, 0) is 13.1 Å². The molecule has 0 saturated heterocycles. The predicted molar refractivity (Wildman–Crippen MR) is 54.9 cm³/mol. The summed E-state index contributed by atoms with van der Waals surface area (Å²) < 4.78 is 27.7. The molecule has 0 spiro atoms. The molecule has 0 radical (unpaired) electrons. The first kappa shape index (κ1) is 10.8. The Morgan fingerprint density at radius 1 is 1.38 bits per heavy atom. The first-order valence-electron chi connectivity index (χ1n) is 4.85. The second-order valence-corrected chi connectivity index (χ2v) is 3.42. The lowest BCUT2D eigenvalue weighted by Gasteiger charge is -2.06. The minimum absolute atomic E-state index is 0.317. The summed E-state index contributed by atoms with van der Waals surface area (Å²) in [5.74, 6) is 0.328. The number of imidazole rings is 1. The van der Waals surface area contributed by atoms with Crippen molar-refractivity contribution in [3.05, 3.63) is 42.2 Å². The summed E-state index contributed by atoms with van der Waals surface area (Å²) in [6.07, 6.45) is 6.26. The molecule has 0 aliphatic heterocycles. The lowest BCUT2D eigenvalue weighted by Crippen LogP contribution is -2.07. The molecule has 2 aromatic rings. The van der Waals surface area contributed by atoms with Crippen LogP contribution in [-0.4, -0.2) is 14.1 Å². The number of nitrogens with zero attached hydrogens (tertiary/aromatic N) is 3. The molecule has 2 heterocycles. The van der Waals surface area contributed by atoms with Crippen molar-refractivity contribution in [1.82, 2.24) is 14.1 Å². The zero-order chi connectivity index (χ0) is 11.5. The van der Waals surface area contributed by atoms with E-state index in [1.807, 2.05) is 12.3 Å². The van der Waals surface area contributed by atoms with Crippen LogP contribution in [0.1, 0.15) is 17.9 Å². The van der Waals surface area contributed by atoms with E-state index >= 15 is 0 Å². The van der Waals surface area contributed by atoms with Gasteiger partial charge in [0, 0.05) is 31.3 Å². The van der Waals surface area contributed by atoms with Crippen LogP contribution < -0.4 is 5.73 Å². The van der Waals surface area contributed by atoms with Gasteiger partial charge in [-0.1, -0.05) is 0 Å². The highest BCUT2D eigenvalue weighted by Gasteiger charge is 2.11. The summed E-state index contributed by atoms with van der Waals surface area (Å²) in [5, 5.41) is 0. The van der Waals surface area contributed by atoms with Gasteiger partial charge in [-0.05, 0) is 11.6 Å². The van der Waals surface area contributed by atoms with Crippen LogP contribution in [0.4, 0.5) is 8.78 Å². The van der Waals surface area contributed by atoms with E-state index in [1.54, 1.807) is 10.8 Å². The third-order valence-corrected chi connectivity index (χ3v) is 2.33. The molecule has 0 amide bonds.